The van der Waals surface area contributed by atoms with Gasteiger partial charge in [-0.1, -0.05) is 12.2 Å². The number of thiophene rings is 2. The van der Waals surface area contributed by atoms with E-state index in [2.05, 4.69) is 40.4 Å². The lowest BCUT2D eigenvalue weighted by atomic mass is 9.88. The molecule has 98 valence electrons. The second-order valence-corrected chi connectivity index (χ2v) is 6.10. The molecule has 2 nitrogen and oxygen atoms in total. The van der Waals surface area contributed by atoms with Crippen LogP contribution in [0.5, 0.6) is 0 Å². The van der Waals surface area contributed by atoms with Crippen molar-refractivity contribution >= 4 is 28.7 Å². The van der Waals surface area contributed by atoms with Crippen LogP contribution in [-0.2, 0) is 5.54 Å². The van der Waals surface area contributed by atoms with Crippen LogP contribution in [0.25, 0.3) is 6.08 Å². The van der Waals surface area contributed by atoms with Crippen LogP contribution in [-0.4, -0.2) is 19.0 Å². The SMILES string of the molecule is CN(C)C(C#N)(CC=Cc1ccsc1)c1ccsc1. The summed E-state index contributed by atoms with van der Waals surface area (Å²) in [5.74, 6) is 0. The average molecular weight is 288 g/mol. The highest BCUT2D eigenvalue weighted by atomic mass is 32.1. The van der Waals surface area contributed by atoms with E-state index in [9.17, 15) is 5.26 Å². The van der Waals surface area contributed by atoms with Crippen LogP contribution in [0, 0.1) is 11.3 Å². The molecule has 1 atom stereocenters. The zero-order valence-corrected chi connectivity index (χ0v) is 12.7. The minimum Gasteiger partial charge on any atom is -0.288 e. The summed E-state index contributed by atoms with van der Waals surface area (Å²) in [7, 11) is 3.92. The van der Waals surface area contributed by atoms with Crippen LogP contribution >= 0.6 is 22.7 Å². The maximum Gasteiger partial charge on any atom is 0.138 e. The van der Waals surface area contributed by atoms with Crippen LogP contribution in [0.2, 0.25) is 0 Å². The van der Waals surface area contributed by atoms with Crippen molar-refractivity contribution < 1.29 is 0 Å². The Bertz CT molecular complexity index is 562. The molecule has 0 bridgehead atoms. The fourth-order valence-corrected chi connectivity index (χ4v) is 3.36. The Hall–Kier alpha value is -1.41. The van der Waals surface area contributed by atoms with Crippen molar-refractivity contribution in [3.63, 3.8) is 0 Å². The maximum atomic E-state index is 9.66. The largest absolute Gasteiger partial charge is 0.288 e. The molecular weight excluding hydrogens is 272 g/mol. The third-order valence-corrected chi connectivity index (χ3v) is 4.60. The van der Waals surface area contributed by atoms with E-state index in [1.807, 2.05) is 30.4 Å². The number of nitriles is 1. The van der Waals surface area contributed by atoms with Gasteiger partial charge in [-0.15, -0.1) is 0 Å². The van der Waals surface area contributed by atoms with Crippen molar-refractivity contribution in [3.8, 4) is 6.07 Å². The molecular formula is C15H16N2S2. The Kier molecular flexibility index (Phi) is 4.54. The molecule has 0 aromatic carbocycles. The minimum absolute atomic E-state index is 0.577. The van der Waals surface area contributed by atoms with Crippen molar-refractivity contribution in [1.29, 1.82) is 5.26 Å². The summed E-state index contributed by atoms with van der Waals surface area (Å²) in [5, 5.41) is 17.9. The molecule has 19 heavy (non-hydrogen) atoms. The first-order valence-corrected chi connectivity index (χ1v) is 7.88. The van der Waals surface area contributed by atoms with Gasteiger partial charge in [0.1, 0.15) is 5.54 Å². The van der Waals surface area contributed by atoms with E-state index >= 15 is 0 Å². The smallest absolute Gasteiger partial charge is 0.138 e. The average Bonchev–Trinajstić information content (AvgIpc) is 3.07. The zero-order chi connectivity index (χ0) is 13.7. The summed E-state index contributed by atoms with van der Waals surface area (Å²) >= 11 is 3.31. The molecule has 2 heterocycles. The quantitative estimate of drug-likeness (QED) is 0.824. The molecule has 0 saturated heterocycles. The monoisotopic (exact) mass is 288 g/mol. The highest BCUT2D eigenvalue weighted by molar-refractivity contribution is 7.08. The Morgan fingerprint density at radius 3 is 2.53 bits per heavy atom. The predicted octanol–water partition coefficient (Wildman–Crippen LogP) is 4.19. The number of hydrogen-bond acceptors (Lipinski definition) is 4. The molecule has 0 N–H and O–H groups in total. The molecule has 0 saturated carbocycles. The third kappa shape index (κ3) is 2.95. The van der Waals surface area contributed by atoms with Crippen LogP contribution in [0.3, 0.4) is 0 Å². The van der Waals surface area contributed by atoms with Crippen molar-refractivity contribution in [1.82, 2.24) is 4.90 Å². The second kappa shape index (κ2) is 6.16. The van der Waals surface area contributed by atoms with Gasteiger partial charge in [0, 0.05) is 6.42 Å². The highest BCUT2D eigenvalue weighted by Gasteiger charge is 2.34. The predicted molar refractivity (Wildman–Crippen MR) is 83.3 cm³/mol. The highest BCUT2D eigenvalue weighted by Crippen LogP contribution is 2.32. The minimum atomic E-state index is -0.577. The van der Waals surface area contributed by atoms with Gasteiger partial charge in [-0.3, -0.25) is 4.90 Å². The summed E-state index contributed by atoms with van der Waals surface area (Å²) < 4.78 is 0. The lowest BCUT2D eigenvalue weighted by Crippen LogP contribution is -2.39. The summed E-state index contributed by atoms with van der Waals surface area (Å²) in [5.41, 5.74) is 1.69. The third-order valence-electron chi connectivity index (χ3n) is 3.21. The van der Waals surface area contributed by atoms with E-state index in [0.29, 0.717) is 6.42 Å². The van der Waals surface area contributed by atoms with Crippen molar-refractivity contribution in [3.05, 3.63) is 50.9 Å². The second-order valence-electron chi connectivity index (χ2n) is 4.54. The zero-order valence-electron chi connectivity index (χ0n) is 11.0. The Labute approximate surface area is 122 Å². The topological polar surface area (TPSA) is 27.0 Å². The van der Waals surface area contributed by atoms with Gasteiger partial charge in [0.25, 0.3) is 0 Å². The molecule has 0 aliphatic rings. The molecule has 2 rings (SSSR count). The summed E-state index contributed by atoms with van der Waals surface area (Å²) in [6.07, 6.45) is 4.85. The lowest BCUT2D eigenvalue weighted by Gasteiger charge is -2.32. The molecule has 0 fully saturated rings. The van der Waals surface area contributed by atoms with Gasteiger partial charge in [-0.2, -0.15) is 27.9 Å². The van der Waals surface area contributed by atoms with Crippen LogP contribution in [0.4, 0.5) is 0 Å². The fourth-order valence-electron chi connectivity index (χ4n) is 2.00. The first-order chi connectivity index (χ1) is 9.19. The van der Waals surface area contributed by atoms with Crippen LogP contribution in [0.1, 0.15) is 17.5 Å². The standard InChI is InChI=1S/C15H16N2S2/c1-17(2)15(12-16,14-6-9-19-11-14)7-3-4-13-5-8-18-10-13/h3-6,8-11H,7H2,1-2H3. The van der Waals surface area contributed by atoms with Gasteiger partial charge in [-0.25, -0.2) is 0 Å². The van der Waals surface area contributed by atoms with Gasteiger partial charge in [-0.05, 0) is 58.9 Å². The van der Waals surface area contributed by atoms with Crippen LogP contribution in [0.15, 0.2) is 39.7 Å². The molecule has 4 heteroatoms. The van der Waals surface area contributed by atoms with E-state index in [-0.39, 0.29) is 0 Å². The van der Waals surface area contributed by atoms with E-state index in [1.165, 1.54) is 5.56 Å². The number of rotatable bonds is 5. The Morgan fingerprint density at radius 2 is 2.00 bits per heavy atom. The molecule has 0 aliphatic heterocycles. The molecule has 0 spiro atoms. The normalized spacial score (nSPS) is 14.6. The molecule has 0 amide bonds. The molecule has 0 radical (unpaired) electrons. The number of nitrogens with zero attached hydrogens (tertiary/aromatic N) is 2. The van der Waals surface area contributed by atoms with Crippen molar-refractivity contribution in [2.45, 2.75) is 12.0 Å². The summed E-state index contributed by atoms with van der Waals surface area (Å²) in [6, 6.07) is 6.59. The van der Waals surface area contributed by atoms with E-state index in [4.69, 9.17) is 0 Å². The molecule has 2 aromatic heterocycles. The van der Waals surface area contributed by atoms with Crippen LogP contribution < -0.4 is 0 Å². The van der Waals surface area contributed by atoms with Gasteiger partial charge in [0.05, 0.1) is 6.07 Å². The lowest BCUT2D eigenvalue weighted by molar-refractivity contribution is 0.221. The van der Waals surface area contributed by atoms with E-state index in [0.717, 1.165) is 5.56 Å². The molecule has 2 aromatic rings. The Balaban J connectivity index is 2.23. The molecule has 0 aliphatic carbocycles. The molecule has 1 unspecified atom stereocenters. The fraction of sp³-hybridized carbons (Fsp3) is 0.267. The summed E-state index contributed by atoms with van der Waals surface area (Å²) in [6.45, 7) is 0. The summed E-state index contributed by atoms with van der Waals surface area (Å²) in [4.78, 5) is 1.99. The Morgan fingerprint density at radius 1 is 1.26 bits per heavy atom. The first-order valence-electron chi connectivity index (χ1n) is 5.99. The van der Waals surface area contributed by atoms with Gasteiger partial charge in [0.2, 0.25) is 0 Å². The van der Waals surface area contributed by atoms with E-state index in [1.54, 1.807) is 22.7 Å². The van der Waals surface area contributed by atoms with Crippen molar-refractivity contribution in [2.75, 3.05) is 14.1 Å². The number of hydrogen-bond donors (Lipinski definition) is 0. The maximum absolute atomic E-state index is 9.66. The van der Waals surface area contributed by atoms with E-state index < -0.39 is 5.54 Å². The van der Waals surface area contributed by atoms with Gasteiger partial charge >= 0.3 is 0 Å². The van der Waals surface area contributed by atoms with Gasteiger partial charge < -0.3 is 0 Å². The van der Waals surface area contributed by atoms with Gasteiger partial charge in [0.15, 0.2) is 0 Å². The first kappa shape index (κ1) is 14.0. The van der Waals surface area contributed by atoms with Crippen molar-refractivity contribution in [2.24, 2.45) is 0 Å².